The van der Waals surface area contributed by atoms with E-state index in [-0.39, 0.29) is 24.4 Å². The van der Waals surface area contributed by atoms with E-state index in [0.717, 1.165) is 19.0 Å². The van der Waals surface area contributed by atoms with Gasteiger partial charge in [0.25, 0.3) is 0 Å². The van der Waals surface area contributed by atoms with E-state index < -0.39 is 17.0 Å². The monoisotopic (exact) mass is 281 g/mol. The predicted molar refractivity (Wildman–Crippen MR) is 66.9 cm³/mol. The highest BCUT2D eigenvalue weighted by atomic mass is 16.6. The molecule has 1 heterocycles. The summed E-state index contributed by atoms with van der Waals surface area (Å²) < 4.78 is 6.42. The van der Waals surface area contributed by atoms with Crippen molar-refractivity contribution in [3.8, 4) is 0 Å². The van der Waals surface area contributed by atoms with E-state index in [0.29, 0.717) is 12.8 Å². The van der Waals surface area contributed by atoms with E-state index in [2.05, 4.69) is 5.10 Å². The Morgan fingerprint density at radius 1 is 1.55 bits per heavy atom. The minimum absolute atomic E-state index is 0.0284. The van der Waals surface area contributed by atoms with Crippen LogP contribution in [0.15, 0.2) is 12.4 Å². The van der Waals surface area contributed by atoms with Crippen LogP contribution in [0, 0.1) is 10.1 Å². The number of hydrogen-bond donors (Lipinski definition) is 0. The zero-order valence-electron chi connectivity index (χ0n) is 10.9. The van der Waals surface area contributed by atoms with Gasteiger partial charge in [-0.1, -0.05) is 0 Å². The number of aryl methyl sites for hydroxylation is 1. The summed E-state index contributed by atoms with van der Waals surface area (Å²) in [5.74, 6) is -0.511. The zero-order valence-corrected chi connectivity index (χ0v) is 10.9. The summed E-state index contributed by atoms with van der Waals surface area (Å²) in [6.07, 6.45) is 4.56. The van der Waals surface area contributed by atoms with Crippen LogP contribution in [0.2, 0.25) is 0 Å². The highest BCUT2D eigenvalue weighted by Crippen LogP contribution is 2.18. The summed E-state index contributed by atoms with van der Waals surface area (Å²) in [5.41, 5.74) is -0.124. The highest BCUT2D eigenvalue weighted by Gasteiger charge is 2.25. The molecule has 108 valence electrons. The molecule has 0 aromatic carbocycles. The second-order valence-corrected chi connectivity index (χ2v) is 4.66. The number of nitrogens with zero attached hydrogens (tertiary/aromatic N) is 3. The molecule has 1 fully saturated rings. The number of nitro groups is 1. The number of esters is 1. The van der Waals surface area contributed by atoms with Gasteiger partial charge in [-0.15, -0.1) is 0 Å². The summed E-state index contributed by atoms with van der Waals surface area (Å²) in [4.78, 5) is 33.1. The van der Waals surface area contributed by atoms with E-state index in [1.807, 2.05) is 0 Å². The molecule has 2 rings (SSSR count). The number of aromatic nitrogens is 2. The van der Waals surface area contributed by atoms with Crippen molar-refractivity contribution in [1.29, 1.82) is 0 Å². The first kappa shape index (κ1) is 14.2. The van der Waals surface area contributed by atoms with Crippen molar-refractivity contribution in [3.05, 3.63) is 22.5 Å². The van der Waals surface area contributed by atoms with E-state index in [4.69, 9.17) is 4.74 Å². The number of carbonyl (C=O) groups is 2. The van der Waals surface area contributed by atoms with Gasteiger partial charge in [-0.05, 0) is 19.3 Å². The molecule has 0 spiro atoms. The maximum Gasteiger partial charge on any atom is 0.308 e. The third-order valence-corrected chi connectivity index (χ3v) is 3.15. The second kappa shape index (κ2) is 6.27. The van der Waals surface area contributed by atoms with Crippen molar-refractivity contribution >= 4 is 17.4 Å². The lowest BCUT2D eigenvalue weighted by molar-refractivity contribution is -0.385. The lowest BCUT2D eigenvalue weighted by Crippen LogP contribution is -2.30. The number of ketones is 1. The van der Waals surface area contributed by atoms with E-state index in [1.54, 1.807) is 0 Å². The van der Waals surface area contributed by atoms with Crippen molar-refractivity contribution < 1.29 is 19.2 Å². The SMILES string of the molecule is O=C(CCn1cc([N+](=O)[O-])cn1)O[C@@H]1CCCCC1=O. The van der Waals surface area contributed by atoms with Gasteiger partial charge >= 0.3 is 11.7 Å². The minimum atomic E-state index is -0.622. The second-order valence-electron chi connectivity index (χ2n) is 4.66. The lowest BCUT2D eigenvalue weighted by atomic mass is 9.96. The van der Waals surface area contributed by atoms with Crippen LogP contribution in [0.4, 0.5) is 5.69 Å². The quantitative estimate of drug-likeness (QED) is 0.457. The highest BCUT2D eigenvalue weighted by molar-refractivity contribution is 5.86. The van der Waals surface area contributed by atoms with Crippen molar-refractivity contribution in [2.24, 2.45) is 0 Å². The Morgan fingerprint density at radius 3 is 3.00 bits per heavy atom. The Hall–Kier alpha value is -2.25. The molecule has 8 nitrogen and oxygen atoms in total. The van der Waals surface area contributed by atoms with Crippen LogP contribution in [0.5, 0.6) is 0 Å². The normalized spacial score (nSPS) is 18.8. The summed E-state index contributed by atoms with van der Waals surface area (Å²) >= 11 is 0. The molecular weight excluding hydrogens is 266 g/mol. The number of Topliss-reactive ketones (excluding diaryl/α,β-unsaturated/α-hetero) is 1. The first-order valence-corrected chi connectivity index (χ1v) is 6.45. The van der Waals surface area contributed by atoms with Crippen molar-refractivity contribution in [2.75, 3.05) is 0 Å². The molecular formula is C12H15N3O5. The Balaban J connectivity index is 1.79. The molecule has 0 N–H and O–H groups in total. The third kappa shape index (κ3) is 3.62. The van der Waals surface area contributed by atoms with Gasteiger partial charge in [-0.2, -0.15) is 5.10 Å². The van der Waals surface area contributed by atoms with Crippen LogP contribution in [0.1, 0.15) is 32.1 Å². The molecule has 0 unspecified atom stereocenters. The average molecular weight is 281 g/mol. The molecule has 1 saturated carbocycles. The zero-order chi connectivity index (χ0) is 14.5. The summed E-state index contributed by atoms with van der Waals surface area (Å²) in [5, 5.41) is 14.2. The van der Waals surface area contributed by atoms with Crippen LogP contribution >= 0.6 is 0 Å². The maximum absolute atomic E-state index is 11.6. The molecule has 1 aromatic rings. The van der Waals surface area contributed by atoms with Crippen LogP contribution in [-0.2, 0) is 20.9 Å². The van der Waals surface area contributed by atoms with E-state index in [9.17, 15) is 19.7 Å². The number of hydrogen-bond acceptors (Lipinski definition) is 6. The van der Waals surface area contributed by atoms with Crippen molar-refractivity contribution in [2.45, 2.75) is 44.8 Å². The van der Waals surface area contributed by atoms with E-state index in [1.165, 1.54) is 10.9 Å². The Labute approximate surface area is 114 Å². The lowest BCUT2D eigenvalue weighted by Gasteiger charge is -2.20. The van der Waals surface area contributed by atoms with Crippen LogP contribution in [0.3, 0.4) is 0 Å². The van der Waals surface area contributed by atoms with Gasteiger partial charge in [0.15, 0.2) is 11.9 Å². The first-order valence-electron chi connectivity index (χ1n) is 6.45. The van der Waals surface area contributed by atoms with Crippen molar-refractivity contribution in [3.63, 3.8) is 0 Å². The fraction of sp³-hybridized carbons (Fsp3) is 0.583. The first-order chi connectivity index (χ1) is 9.56. The van der Waals surface area contributed by atoms with Crippen molar-refractivity contribution in [1.82, 2.24) is 9.78 Å². The maximum atomic E-state index is 11.6. The van der Waals surface area contributed by atoms with E-state index >= 15 is 0 Å². The molecule has 0 aliphatic heterocycles. The number of rotatable bonds is 5. The van der Waals surface area contributed by atoms with Crippen LogP contribution < -0.4 is 0 Å². The smallest absolute Gasteiger partial charge is 0.308 e. The summed E-state index contributed by atoms with van der Waals surface area (Å²) in [6, 6.07) is 0. The van der Waals surface area contributed by atoms with Gasteiger partial charge in [-0.25, -0.2) is 0 Å². The topological polar surface area (TPSA) is 104 Å². The molecule has 1 aromatic heterocycles. The molecule has 0 bridgehead atoms. The summed E-state index contributed by atoms with van der Waals surface area (Å²) in [6.45, 7) is 0.188. The van der Waals surface area contributed by atoms with Crippen LogP contribution in [-0.4, -0.2) is 32.6 Å². The van der Waals surface area contributed by atoms with Gasteiger partial charge in [0, 0.05) is 6.42 Å². The van der Waals surface area contributed by atoms with Gasteiger partial charge in [0.05, 0.1) is 17.9 Å². The van der Waals surface area contributed by atoms with Crippen LogP contribution in [0.25, 0.3) is 0 Å². The predicted octanol–water partition coefficient (Wildman–Crippen LogP) is 1.24. The average Bonchev–Trinajstić information content (AvgIpc) is 2.88. The number of ether oxygens (including phenoxy) is 1. The van der Waals surface area contributed by atoms with Gasteiger partial charge in [0.2, 0.25) is 0 Å². The van der Waals surface area contributed by atoms with Gasteiger partial charge in [-0.3, -0.25) is 24.4 Å². The Kier molecular flexibility index (Phi) is 4.44. The minimum Gasteiger partial charge on any atom is -0.454 e. The largest absolute Gasteiger partial charge is 0.454 e. The molecule has 1 aliphatic rings. The molecule has 1 aliphatic carbocycles. The molecule has 1 atom stereocenters. The Morgan fingerprint density at radius 2 is 2.35 bits per heavy atom. The third-order valence-electron chi connectivity index (χ3n) is 3.15. The number of carbonyl (C=O) groups excluding carboxylic acids is 2. The molecule has 0 amide bonds. The molecule has 0 saturated heterocycles. The molecule has 0 radical (unpaired) electrons. The van der Waals surface area contributed by atoms with Gasteiger partial charge < -0.3 is 4.74 Å². The molecule has 8 heteroatoms. The molecule has 20 heavy (non-hydrogen) atoms. The summed E-state index contributed by atoms with van der Waals surface area (Å²) in [7, 11) is 0. The fourth-order valence-electron chi connectivity index (χ4n) is 2.07. The standard InChI is InChI=1S/C12H15N3O5/c16-10-3-1-2-4-11(10)20-12(17)5-6-14-8-9(7-13-14)15(18)19/h7-8,11H,1-6H2/t11-/m1/s1. The van der Waals surface area contributed by atoms with Gasteiger partial charge in [0.1, 0.15) is 12.4 Å². The Bertz CT molecular complexity index is 525. The fourth-order valence-corrected chi connectivity index (χ4v) is 2.07.